The molecule has 3 rings (SSSR count). The van der Waals surface area contributed by atoms with E-state index in [9.17, 15) is 13.2 Å². The summed E-state index contributed by atoms with van der Waals surface area (Å²) in [6.07, 6.45) is 7.67. The molecule has 1 aliphatic heterocycles. The first-order valence-electron chi connectivity index (χ1n) is 7.13. The second-order valence-corrected chi connectivity index (χ2v) is 7.42. The molecule has 2 fully saturated rings. The summed E-state index contributed by atoms with van der Waals surface area (Å²) >= 11 is 0. The quantitative estimate of drug-likeness (QED) is 0.912. The van der Waals surface area contributed by atoms with E-state index in [1.165, 1.54) is 16.8 Å². The maximum Gasteiger partial charge on any atom is 0.260 e. The molecule has 0 radical (unpaired) electrons. The summed E-state index contributed by atoms with van der Waals surface area (Å²) in [7, 11) is -3.55. The van der Waals surface area contributed by atoms with Gasteiger partial charge in [-0.2, -0.15) is 4.31 Å². The second-order valence-electron chi connectivity index (χ2n) is 5.56. The number of rotatable bonds is 3. The first-order chi connectivity index (χ1) is 9.60. The van der Waals surface area contributed by atoms with Crippen molar-refractivity contribution in [2.75, 3.05) is 6.54 Å². The Bertz CT molecular complexity index is 582. The van der Waals surface area contributed by atoms with Crippen molar-refractivity contribution >= 4 is 15.8 Å². The molecule has 2 unspecified atom stereocenters. The number of carbonyl (C=O) groups is 1. The van der Waals surface area contributed by atoms with Crippen molar-refractivity contribution in [3.8, 4) is 0 Å². The lowest BCUT2D eigenvalue weighted by molar-refractivity contribution is -0.126. The highest BCUT2D eigenvalue weighted by Gasteiger charge is 2.42. The van der Waals surface area contributed by atoms with Crippen LogP contribution >= 0.6 is 0 Å². The van der Waals surface area contributed by atoms with Crippen molar-refractivity contribution in [1.29, 1.82) is 0 Å². The molecule has 1 aromatic heterocycles. The van der Waals surface area contributed by atoms with Crippen molar-refractivity contribution in [2.45, 2.75) is 49.6 Å². The van der Waals surface area contributed by atoms with Gasteiger partial charge in [-0.05, 0) is 25.7 Å². The zero-order valence-corrected chi connectivity index (χ0v) is 12.1. The number of hydrogen-bond donors (Lipinski definition) is 1. The lowest BCUT2D eigenvalue weighted by atomic mass is 9.82. The highest BCUT2D eigenvalue weighted by atomic mass is 32.2. The molecule has 1 saturated heterocycles. The molecule has 6 nitrogen and oxygen atoms in total. The number of aromatic amines is 1. The molecule has 1 saturated carbocycles. The van der Waals surface area contributed by atoms with E-state index in [0.717, 1.165) is 32.1 Å². The summed E-state index contributed by atoms with van der Waals surface area (Å²) in [4.78, 5) is 18.5. The van der Waals surface area contributed by atoms with Crippen LogP contribution in [-0.2, 0) is 14.8 Å². The fourth-order valence-corrected chi connectivity index (χ4v) is 5.02. The number of ketones is 1. The number of aromatic nitrogens is 2. The molecular weight excluding hydrogens is 278 g/mol. The molecule has 110 valence electrons. The molecule has 2 atom stereocenters. The van der Waals surface area contributed by atoms with Crippen LogP contribution in [0.4, 0.5) is 0 Å². The summed E-state index contributed by atoms with van der Waals surface area (Å²) in [5, 5.41) is 0.118. The zero-order chi connectivity index (χ0) is 14.2. The molecule has 20 heavy (non-hydrogen) atoms. The van der Waals surface area contributed by atoms with Gasteiger partial charge in [0.15, 0.2) is 5.03 Å². The van der Waals surface area contributed by atoms with Gasteiger partial charge in [-0.15, -0.1) is 0 Å². The van der Waals surface area contributed by atoms with Crippen LogP contribution in [0.1, 0.15) is 38.5 Å². The van der Waals surface area contributed by atoms with Crippen molar-refractivity contribution < 1.29 is 13.2 Å². The van der Waals surface area contributed by atoms with Crippen molar-refractivity contribution in [3.05, 3.63) is 12.5 Å². The normalized spacial score (nSPS) is 28.9. The predicted octanol–water partition coefficient (Wildman–Crippen LogP) is 1.32. The number of nitrogens with one attached hydrogen (secondary N) is 1. The third-order valence-corrected chi connectivity index (χ3v) is 6.22. The van der Waals surface area contributed by atoms with Gasteiger partial charge in [0.25, 0.3) is 10.0 Å². The van der Waals surface area contributed by atoms with Crippen LogP contribution in [0.2, 0.25) is 0 Å². The Balaban J connectivity index is 1.87. The Labute approximate surface area is 118 Å². The highest BCUT2D eigenvalue weighted by molar-refractivity contribution is 7.89. The van der Waals surface area contributed by atoms with E-state index in [2.05, 4.69) is 9.97 Å². The predicted molar refractivity (Wildman–Crippen MR) is 72.5 cm³/mol. The number of H-pyrrole nitrogens is 1. The van der Waals surface area contributed by atoms with E-state index in [1.807, 2.05) is 0 Å². The Morgan fingerprint density at radius 3 is 2.80 bits per heavy atom. The summed E-state index contributed by atoms with van der Waals surface area (Å²) in [5.41, 5.74) is 0. The molecule has 0 aromatic carbocycles. The second kappa shape index (κ2) is 5.29. The van der Waals surface area contributed by atoms with Crippen LogP contribution in [-0.4, -0.2) is 41.1 Å². The summed E-state index contributed by atoms with van der Waals surface area (Å²) in [5.74, 6) is 0.108. The van der Waals surface area contributed by atoms with Gasteiger partial charge in [0.1, 0.15) is 5.78 Å². The van der Waals surface area contributed by atoms with Crippen molar-refractivity contribution in [2.24, 2.45) is 5.92 Å². The maximum absolute atomic E-state index is 12.6. The zero-order valence-electron chi connectivity index (χ0n) is 11.3. The number of hydrogen-bond acceptors (Lipinski definition) is 4. The largest absolute Gasteiger partial charge is 0.335 e. The number of carbonyl (C=O) groups excluding carboxylic acids is 1. The molecule has 1 aromatic rings. The van der Waals surface area contributed by atoms with Gasteiger partial charge in [0.05, 0.1) is 12.5 Å². The Morgan fingerprint density at radius 1 is 1.25 bits per heavy atom. The first kappa shape index (κ1) is 13.8. The minimum atomic E-state index is -3.55. The molecule has 2 heterocycles. The standard InChI is InChI=1S/C13H19N3O3S/c17-12-6-2-1-4-10(12)11-5-3-7-16(11)20(18,19)13-8-14-9-15-13/h8-11H,1-7H2,(H,14,15). The van der Waals surface area contributed by atoms with Gasteiger partial charge in [0.2, 0.25) is 0 Å². The van der Waals surface area contributed by atoms with Gasteiger partial charge in [-0.1, -0.05) is 6.42 Å². The minimum Gasteiger partial charge on any atom is -0.335 e. The van der Waals surface area contributed by atoms with Crippen molar-refractivity contribution in [3.63, 3.8) is 0 Å². The van der Waals surface area contributed by atoms with Crippen LogP contribution in [0, 0.1) is 5.92 Å². The summed E-state index contributed by atoms with van der Waals surface area (Å²) < 4.78 is 26.7. The highest BCUT2D eigenvalue weighted by Crippen LogP contribution is 2.35. The average Bonchev–Trinajstić information content (AvgIpc) is 3.11. The van der Waals surface area contributed by atoms with E-state index >= 15 is 0 Å². The van der Waals surface area contributed by atoms with Crippen LogP contribution in [0.25, 0.3) is 0 Å². The summed E-state index contributed by atoms with van der Waals surface area (Å²) in [6.45, 7) is 0.496. The first-order valence-corrected chi connectivity index (χ1v) is 8.57. The minimum absolute atomic E-state index is 0.118. The van der Waals surface area contributed by atoms with Crippen molar-refractivity contribution in [1.82, 2.24) is 14.3 Å². The van der Waals surface area contributed by atoms with Gasteiger partial charge in [-0.25, -0.2) is 13.4 Å². The van der Waals surface area contributed by atoms with E-state index in [-0.39, 0.29) is 22.8 Å². The molecule has 1 N–H and O–H groups in total. The fourth-order valence-electron chi connectivity index (χ4n) is 3.39. The average molecular weight is 297 g/mol. The number of imidazole rings is 1. The van der Waals surface area contributed by atoms with E-state index in [4.69, 9.17) is 0 Å². The van der Waals surface area contributed by atoms with E-state index in [1.54, 1.807) is 0 Å². The van der Waals surface area contributed by atoms with Crippen LogP contribution in [0.5, 0.6) is 0 Å². The van der Waals surface area contributed by atoms with Gasteiger partial charge in [-0.3, -0.25) is 4.79 Å². The third kappa shape index (κ3) is 2.29. The Morgan fingerprint density at radius 2 is 2.10 bits per heavy atom. The smallest absolute Gasteiger partial charge is 0.260 e. The maximum atomic E-state index is 12.6. The molecule has 7 heteroatoms. The number of sulfonamides is 1. The van der Waals surface area contributed by atoms with E-state index in [0.29, 0.717) is 13.0 Å². The Kier molecular flexibility index (Phi) is 3.64. The van der Waals surface area contributed by atoms with Gasteiger partial charge in [0, 0.05) is 24.9 Å². The SMILES string of the molecule is O=C1CCCCC1C1CCCN1S(=O)(=O)c1cnc[nH]1. The third-order valence-electron chi connectivity index (χ3n) is 4.37. The summed E-state index contributed by atoms with van der Waals surface area (Å²) in [6, 6.07) is -0.170. The monoisotopic (exact) mass is 297 g/mol. The molecule has 2 aliphatic rings. The van der Waals surface area contributed by atoms with Gasteiger partial charge >= 0.3 is 0 Å². The number of Topliss-reactive ketones (excluding diaryl/α,β-unsaturated/α-hetero) is 1. The molecule has 0 spiro atoms. The van der Waals surface area contributed by atoms with Crippen LogP contribution in [0.15, 0.2) is 17.6 Å². The van der Waals surface area contributed by atoms with Crippen LogP contribution in [0.3, 0.4) is 0 Å². The van der Waals surface area contributed by atoms with Gasteiger partial charge < -0.3 is 4.98 Å². The fraction of sp³-hybridized carbons (Fsp3) is 0.692. The number of nitrogens with zero attached hydrogens (tertiary/aromatic N) is 2. The lowest BCUT2D eigenvalue weighted by Gasteiger charge is -2.31. The molecule has 0 bridgehead atoms. The molecule has 1 aliphatic carbocycles. The van der Waals surface area contributed by atoms with Crippen LogP contribution < -0.4 is 0 Å². The lowest BCUT2D eigenvalue weighted by Crippen LogP contribution is -2.43. The Hall–Kier alpha value is -1.21. The molecule has 0 amide bonds. The molecular formula is C13H19N3O3S. The van der Waals surface area contributed by atoms with E-state index < -0.39 is 10.0 Å². The topological polar surface area (TPSA) is 83.1 Å².